The van der Waals surface area contributed by atoms with E-state index in [1.54, 1.807) is 12.1 Å². The molecule has 0 aliphatic heterocycles. The van der Waals surface area contributed by atoms with Gasteiger partial charge in [-0.1, -0.05) is 23.7 Å². The SMILES string of the molecule is NCc1ccc(COc2ccc(F)cc2Cl)c(F)c1. The summed E-state index contributed by atoms with van der Waals surface area (Å²) in [5.41, 5.74) is 6.51. The van der Waals surface area contributed by atoms with E-state index in [4.69, 9.17) is 22.1 Å². The van der Waals surface area contributed by atoms with Crippen LogP contribution >= 0.6 is 11.6 Å². The summed E-state index contributed by atoms with van der Waals surface area (Å²) < 4.78 is 31.9. The zero-order valence-electron chi connectivity index (χ0n) is 10.00. The first-order chi connectivity index (χ1) is 9.10. The number of ether oxygens (including phenoxy) is 1. The number of nitrogens with two attached hydrogens (primary N) is 1. The second kappa shape index (κ2) is 5.99. The van der Waals surface area contributed by atoms with Crippen molar-refractivity contribution >= 4 is 11.6 Å². The molecule has 2 aromatic rings. The molecule has 19 heavy (non-hydrogen) atoms. The van der Waals surface area contributed by atoms with Gasteiger partial charge in [0.05, 0.1) is 5.02 Å². The Kier molecular flexibility index (Phi) is 4.35. The first kappa shape index (κ1) is 13.8. The third kappa shape index (κ3) is 3.43. The molecule has 0 aliphatic carbocycles. The summed E-state index contributed by atoms with van der Waals surface area (Å²) in [6.07, 6.45) is 0. The smallest absolute Gasteiger partial charge is 0.138 e. The standard InChI is InChI=1S/C14H12ClF2NO/c15-12-6-11(16)3-4-14(12)19-8-10-2-1-9(7-18)5-13(10)17/h1-6H,7-8,18H2. The zero-order valence-corrected chi connectivity index (χ0v) is 10.8. The summed E-state index contributed by atoms with van der Waals surface area (Å²) >= 11 is 5.81. The van der Waals surface area contributed by atoms with Gasteiger partial charge in [0, 0.05) is 12.1 Å². The normalized spacial score (nSPS) is 10.5. The van der Waals surface area contributed by atoms with E-state index in [0.29, 0.717) is 16.9 Å². The lowest BCUT2D eigenvalue weighted by Gasteiger charge is -2.09. The Morgan fingerprint density at radius 2 is 1.89 bits per heavy atom. The molecule has 0 spiro atoms. The van der Waals surface area contributed by atoms with Crippen molar-refractivity contribution in [3.8, 4) is 5.75 Å². The third-order valence-corrected chi connectivity index (χ3v) is 2.93. The van der Waals surface area contributed by atoms with Gasteiger partial charge in [-0.25, -0.2) is 8.78 Å². The van der Waals surface area contributed by atoms with Crippen molar-refractivity contribution < 1.29 is 13.5 Å². The average molecular weight is 284 g/mol. The van der Waals surface area contributed by atoms with Crippen LogP contribution in [-0.4, -0.2) is 0 Å². The van der Waals surface area contributed by atoms with E-state index in [-0.39, 0.29) is 24.0 Å². The van der Waals surface area contributed by atoms with Crippen LogP contribution in [0.25, 0.3) is 0 Å². The predicted octanol–water partition coefficient (Wildman–Crippen LogP) is 3.66. The quantitative estimate of drug-likeness (QED) is 0.929. The van der Waals surface area contributed by atoms with Crippen LogP contribution in [-0.2, 0) is 13.2 Å². The Labute approximate surface area is 114 Å². The minimum Gasteiger partial charge on any atom is -0.487 e. The lowest BCUT2D eigenvalue weighted by molar-refractivity contribution is 0.299. The van der Waals surface area contributed by atoms with E-state index >= 15 is 0 Å². The molecule has 0 bridgehead atoms. The van der Waals surface area contributed by atoms with Crippen molar-refractivity contribution in [2.45, 2.75) is 13.2 Å². The molecule has 5 heteroatoms. The van der Waals surface area contributed by atoms with E-state index < -0.39 is 5.82 Å². The van der Waals surface area contributed by atoms with Gasteiger partial charge in [-0.15, -0.1) is 0 Å². The van der Waals surface area contributed by atoms with Crippen molar-refractivity contribution in [1.82, 2.24) is 0 Å². The number of halogens is 3. The van der Waals surface area contributed by atoms with E-state index in [0.717, 1.165) is 6.07 Å². The van der Waals surface area contributed by atoms with Gasteiger partial charge in [0.25, 0.3) is 0 Å². The van der Waals surface area contributed by atoms with Gasteiger partial charge in [0.1, 0.15) is 24.0 Å². The first-order valence-electron chi connectivity index (χ1n) is 5.65. The largest absolute Gasteiger partial charge is 0.487 e. The Morgan fingerprint density at radius 1 is 1.11 bits per heavy atom. The molecule has 0 aromatic heterocycles. The summed E-state index contributed by atoms with van der Waals surface area (Å²) in [6, 6.07) is 8.48. The molecule has 0 atom stereocenters. The maximum Gasteiger partial charge on any atom is 0.138 e. The topological polar surface area (TPSA) is 35.2 Å². The Hall–Kier alpha value is -1.65. The van der Waals surface area contributed by atoms with Crippen LogP contribution in [0.2, 0.25) is 5.02 Å². The van der Waals surface area contributed by atoms with Gasteiger partial charge in [0.15, 0.2) is 0 Å². The highest BCUT2D eigenvalue weighted by molar-refractivity contribution is 6.32. The Balaban J connectivity index is 2.10. The van der Waals surface area contributed by atoms with Crippen molar-refractivity contribution in [3.63, 3.8) is 0 Å². The van der Waals surface area contributed by atoms with Crippen LogP contribution < -0.4 is 10.5 Å². The van der Waals surface area contributed by atoms with Gasteiger partial charge in [0.2, 0.25) is 0 Å². The third-order valence-electron chi connectivity index (χ3n) is 2.63. The lowest BCUT2D eigenvalue weighted by Crippen LogP contribution is -2.02. The molecular weight excluding hydrogens is 272 g/mol. The fourth-order valence-corrected chi connectivity index (χ4v) is 1.80. The molecule has 100 valence electrons. The maximum atomic E-state index is 13.7. The Morgan fingerprint density at radius 3 is 2.53 bits per heavy atom. The van der Waals surface area contributed by atoms with Gasteiger partial charge < -0.3 is 10.5 Å². The van der Waals surface area contributed by atoms with Crippen molar-refractivity contribution in [1.29, 1.82) is 0 Å². The minimum atomic E-state index is -0.448. The van der Waals surface area contributed by atoms with Crippen LogP contribution in [0, 0.1) is 11.6 Å². The van der Waals surface area contributed by atoms with Crippen LogP contribution in [0.15, 0.2) is 36.4 Å². The number of rotatable bonds is 4. The van der Waals surface area contributed by atoms with Crippen LogP contribution in [0.3, 0.4) is 0 Å². The molecular formula is C14H12ClF2NO. The van der Waals surface area contributed by atoms with Crippen molar-refractivity contribution in [3.05, 3.63) is 64.2 Å². The lowest BCUT2D eigenvalue weighted by atomic mass is 10.1. The predicted molar refractivity (Wildman–Crippen MR) is 70.0 cm³/mol. The summed E-state index contributed by atoms with van der Waals surface area (Å²) in [4.78, 5) is 0. The second-order valence-electron chi connectivity index (χ2n) is 3.99. The minimum absolute atomic E-state index is 0.0159. The summed E-state index contributed by atoms with van der Waals surface area (Å²) in [5, 5.41) is 0.152. The first-order valence-corrected chi connectivity index (χ1v) is 6.03. The highest BCUT2D eigenvalue weighted by Crippen LogP contribution is 2.26. The van der Waals surface area contributed by atoms with E-state index in [2.05, 4.69) is 0 Å². The molecule has 0 fully saturated rings. The molecule has 2 aromatic carbocycles. The van der Waals surface area contributed by atoms with Crippen LogP contribution in [0.4, 0.5) is 8.78 Å². The molecule has 0 unspecified atom stereocenters. The van der Waals surface area contributed by atoms with E-state index in [1.807, 2.05) is 0 Å². The molecule has 0 saturated carbocycles. The summed E-state index contributed by atoms with van der Waals surface area (Å²) in [5.74, 6) is -0.526. The maximum absolute atomic E-state index is 13.7. The summed E-state index contributed by atoms with van der Waals surface area (Å²) in [6.45, 7) is 0.296. The van der Waals surface area contributed by atoms with Gasteiger partial charge in [-0.05, 0) is 29.8 Å². The molecule has 0 amide bonds. The fraction of sp³-hybridized carbons (Fsp3) is 0.143. The monoisotopic (exact) mass is 283 g/mol. The van der Waals surface area contributed by atoms with Gasteiger partial charge in [-0.3, -0.25) is 0 Å². The average Bonchev–Trinajstić information content (AvgIpc) is 2.39. The van der Waals surface area contributed by atoms with Crippen LogP contribution in [0.1, 0.15) is 11.1 Å². The molecule has 0 radical (unpaired) electrons. The number of benzene rings is 2. The molecule has 2 N–H and O–H groups in total. The van der Waals surface area contributed by atoms with Crippen molar-refractivity contribution in [2.75, 3.05) is 0 Å². The van der Waals surface area contributed by atoms with Gasteiger partial charge in [-0.2, -0.15) is 0 Å². The molecule has 2 nitrogen and oxygen atoms in total. The molecule has 0 aliphatic rings. The van der Waals surface area contributed by atoms with Crippen molar-refractivity contribution in [2.24, 2.45) is 5.73 Å². The zero-order chi connectivity index (χ0) is 13.8. The fourth-order valence-electron chi connectivity index (χ4n) is 1.58. The van der Waals surface area contributed by atoms with E-state index in [1.165, 1.54) is 18.2 Å². The van der Waals surface area contributed by atoms with Gasteiger partial charge >= 0.3 is 0 Å². The molecule has 2 rings (SSSR count). The highest BCUT2D eigenvalue weighted by atomic mass is 35.5. The molecule has 0 heterocycles. The summed E-state index contributed by atoms with van der Waals surface area (Å²) in [7, 11) is 0. The number of hydrogen-bond donors (Lipinski definition) is 1. The van der Waals surface area contributed by atoms with E-state index in [9.17, 15) is 8.78 Å². The Bertz CT molecular complexity index is 590. The second-order valence-corrected chi connectivity index (χ2v) is 4.40. The van der Waals surface area contributed by atoms with Crippen LogP contribution in [0.5, 0.6) is 5.75 Å². The number of hydrogen-bond acceptors (Lipinski definition) is 2. The highest BCUT2D eigenvalue weighted by Gasteiger charge is 2.07. The molecule has 0 saturated heterocycles.